The maximum atomic E-state index is 12.5. The number of nitrogens with zero attached hydrogens (tertiary/aromatic N) is 3. The molecule has 0 saturated carbocycles. The van der Waals surface area contributed by atoms with Gasteiger partial charge in [0.2, 0.25) is 0 Å². The van der Waals surface area contributed by atoms with Gasteiger partial charge >= 0.3 is 0 Å². The van der Waals surface area contributed by atoms with Crippen LogP contribution in [0.25, 0.3) is 0 Å². The van der Waals surface area contributed by atoms with E-state index < -0.39 is 0 Å². The van der Waals surface area contributed by atoms with Crippen LogP contribution >= 0.6 is 11.6 Å². The van der Waals surface area contributed by atoms with Crippen molar-refractivity contribution in [1.29, 1.82) is 0 Å². The quantitative estimate of drug-likeness (QED) is 0.467. The zero-order valence-corrected chi connectivity index (χ0v) is 18.2. The van der Waals surface area contributed by atoms with Crippen molar-refractivity contribution in [3.05, 3.63) is 113 Å². The summed E-state index contributed by atoms with van der Waals surface area (Å²) in [5.41, 5.74) is 3.06. The van der Waals surface area contributed by atoms with Crippen LogP contribution in [-0.4, -0.2) is 26.9 Å². The minimum absolute atomic E-state index is 0.0129. The van der Waals surface area contributed by atoms with Gasteiger partial charge in [0.1, 0.15) is 5.76 Å². The van der Waals surface area contributed by atoms with Crippen LogP contribution in [-0.2, 0) is 19.6 Å². The molecule has 6 nitrogen and oxygen atoms in total. The molecule has 0 saturated heterocycles. The van der Waals surface area contributed by atoms with Crippen molar-refractivity contribution in [1.82, 2.24) is 19.8 Å². The van der Waals surface area contributed by atoms with Crippen molar-refractivity contribution in [3.8, 4) is 0 Å². The fourth-order valence-electron chi connectivity index (χ4n) is 4.20. The minimum Gasteiger partial charge on any atom is -0.455 e. The molecular formula is C25H23ClN4O2. The van der Waals surface area contributed by atoms with E-state index in [4.69, 9.17) is 16.0 Å². The highest BCUT2D eigenvalue weighted by Gasteiger charge is 2.30. The fourth-order valence-corrected chi connectivity index (χ4v) is 4.44. The Hall–Kier alpha value is -3.35. The van der Waals surface area contributed by atoms with Crippen LogP contribution in [0.2, 0.25) is 5.02 Å². The number of carbonyl (C=O) groups is 1. The van der Waals surface area contributed by atoms with Gasteiger partial charge in [-0.3, -0.25) is 14.7 Å². The molecule has 1 aliphatic heterocycles. The van der Waals surface area contributed by atoms with Crippen LogP contribution in [0, 0.1) is 0 Å². The van der Waals surface area contributed by atoms with Gasteiger partial charge in [0.25, 0.3) is 5.91 Å². The van der Waals surface area contributed by atoms with Gasteiger partial charge in [0, 0.05) is 36.2 Å². The lowest BCUT2D eigenvalue weighted by atomic mass is 9.99. The van der Waals surface area contributed by atoms with E-state index in [-0.39, 0.29) is 11.9 Å². The molecule has 32 heavy (non-hydrogen) atoms. The van der Waals surface area contributed by atoms with E-state index in [1.165, 1.54) is 5.69 Å². The number of nitrogens with one attached hydrogen (secondary N) is 1. The second-order valence-electron chi connectivity index (χ2n) is 7.79. The Kier molecular flexibility index (Phi) is 5.79. The summed E-state index contributed by atoms with van der Waals surface area (Å²) in [4.78, 5) is 19.1. The van der Waals surface area contributed by atoms with Crippen molar-refractivity contribution in [2.24, 2.45) is 0 Å². The van der Waals surface area contributed by atoms with Gasteiger partial charge in [-0.2, -0.15) is 0 Å². The smallest absolute Gasteiger partial charge is 0.287 e. The zero-order chi connectivity index (χ0) is 21.9. The van der Waals surface area contributed by atoms with Crippen molar-refractivity contribution < 1.29 is 9.21 Å². The first-order valence-electron chi connectivity index (χ1n) is 10.6. The molecule has 0 fully saturated rings. The number of carbonyl (C=O) groups excluding carboxylic acids is 1. The molecule has 1 atom stereocenters. The monoisotopic (exact) mass is 446 g/mol. The molecule has 1 unspecified atom stereocenters. The fraction of sp³-hybridized carbons (Fsp3) is 0.200. The van der Waals surface area contributed by atoms with Crippen molar-refractivity contribution in [3.63, 3.8) is 0 Å². The first-order chi connectivity index (χ1) is 15.7. The number of furan rings is 1. The summed E-state index contributed by atoms with van der Waals surface area (Å²) in [5.74, 6) is 0.785. The molecular weight excluding hydrogens is 424 g/mol. The summed E-state index contributed by atoms with van der Waals surface area (Å²) in [6.45, 7) is 2.67. The number of hydrogen-bond acceptors (Lipinski definition) is 4. The second-order valence-corrected chi connectivity index (χ2v) is 8.20. The number of amides is 1. The highest BCUT2D eigenvalue weighted by molar-refractivity contribution is 6.31. The third-order valence-corrected chi connectivity index (χ3v) is 6.08. The number of pyridine rings is 1. The van der Waals surface area contributed by atoms with E-state index >= 15 is 0 Å². The lowest BCUT2D eigenvalue weighted by Crippen LogP contribution is -2.38. The van der Waals surface area contributed by atoms with Crippen LogP contribution in [0.1, 0.15) is 39.3 Å². The Morgan fingerprint density at radius 1 is 1.06 bits per heavy atom. The average Bonchev–Trinajstić information content (AvgIpc) is 3.48. The number of rotatable bonds is 6. The molecule has 5 rings (SSSR count). The van der Waals surface area contributed by atoms with E-state index in [1.807, 2.05) is 42.5 Å². The molecule has 4 heterocycles. The largest absolute Gasteiger partial charge is 0.455 e. The summed E-state index contributed by atoms with van der Waals surface area (Å²) < 4.78 is 8.17. The number of aromatic nitrogens is 2. The summed E-state index contributed by atoms with van der Waals surface area (Å²) in [6, 6.07) is 21.4. The van der Waals surface area contributed by atoms with E-state index in [1.54, 1.807) is 12.3 Å². The van der Waals surface area contributed by atoms with Crippen LogP contribution < -0.4 is 5.32 Å². The Morgan fingerprint density at radius 3 is 2.78 bits per heavy atom. The van der Waals surface area contributed by atoms with Crippen molar-refractivity contribution in [2.75, 3.05) is 6.54 Å². The summed E-state index contributed by atoms with van der Waals surface area (Å²) in [6.07, 6.45) is 3.81. The number of benzene rings is 1. The minimum atomic E-state index is -0.253. The second kappa shape index (κ2) is 9.02. The van der Waals surface area contributed by atoms with Crippen LogP contribution in [0.5, 0.6) is 0 Å². The standard InChI is InChI=1S/C25H23ClN4O2/c26-21-8-2-1-7-20(21)24-22-9-5-13-29(22)14-15-30(24)17-19-10-11-23(32-19)25(31)28-16-18-6-3-4-12-27-18/h1-13,24H,14-17H2,(H,28,31). The van der Waals surface area contributed by atoms with E-state index in [9.17, 15) is 4.79 Å². The lowest BCUT2D eigenvalue weighted by molar-refractivity contribution is 0.0916. The zero-order valence-electron chi connectivity index (χ0n) is 17.4. The van der Waals surface area contributed by atoms with Crippen LogP contribution in [0.4, 0.5) is 0 Å². The predicted octanol–water partition coefficient (Wildman–Crippen LogP) is 4.66. The normalized spacial score (nSPS) is 16.0. The molecule has 0 aliphatic carbocycles. The Bertz CT molecular complexity index is 1220. The lowest BCUT2D eigenvalue weighted by Gasteiger charge is -2.37. The first-order valence-corrected chi connectivity index (χ1v) is 11.0. The molecule has 1 amide bonds. The highest BCUT2D eigenvalue weighted by Crippen LogP contribution is 2.36. The molecule has 0 bridgehead atoms. The Balaban J connectivity index is 1.33. The Labute approximate surface area is 191 Å². The van der Waals surface area contributed by atoms with Gasteiger partial charge in [-0.25, -0.2) is 0 Å². The predicted molar refractivity (Wildman–Crippen MR) is 122 cm³/mol. The SMILES string of the molecule is O=C(NCc1ccccn1)c1ccc(CN2CCn3cccc3C2c2ccccc2Cl)o1. The average molecular weight is 447 g/mol. The molecule has 162 valence electrons. The molecule has 0 spiro atoms. The molecule has 0 radical (unpaired) electrons. The summed E-state index contributed by atoms with van der Waals surface area (Å²) >= 11 is 6.57. The van der Waals surface area contributed by atoms with Crippen LogP contribution in [0.15, 0.2) is 83.5 Å². The summed E-state index contributed by atoms with van der Waals surface area (Å²) in [7, 11) is 0. The number of fused-ring (bicyclic) bond motifs is 1. The van der Waals surface area contributed by atoms with E-state index in [0.717, 1.165) is 35.1 Å². The first kappa shape index (κ1) is 20.5. The molecule has 7 heteroatoms. The highest BCUT2D eigenvalue weighted by atomic mass is 35.5. The molecule has 1 aromatic carbocycles. The van der Waals surface area contributed by atoms with Gasteiger partial charge < -0.3 is 14.3 Å². The maximum absolute atomic E-state index is 12.5. The van der Waals surface area contributed by atoms with Gasteiger partial charge in [-0.15, -0.1) is 0 Å². The number of halogens is 1. The molecule has 1 aliphatic rings. The van der Waals surface area contributed by atoms with Crippen molar-refractivity contribution >= 4 is 17.5 Å². The van der Waals surface area contributed by atoms with Crippen molar-refractivity contribution in [2.45, 2.75) is 25.7 Å². The Morgan fingerprint density at radius 2 is 1.94 bits per heavy atom. The third-order valence-electron chi connectivity index (χ3n) is 5.74. The van der Waals surface area contributed by atoms with Gasteiger partial charge in [-0.05, 0) is 48.0 Å². The molecule has 1 N–H and O–H groups in total. The maximum Gasteiger partial charge on any atom is 0.287 e. The van der Waals surface area contributed by atoms with E-state index in [2.05, 4.69) is 44.2 Å². The van der Waals surface area contributed by atoms with Gasteiger partial charge in [0.05, 0.1) is 24.8 Å². The topological polar surface area (TPSA) is 63.3 Å². The van der Waals surface area contributed by atoms with Gasteiger partial charge in [0.15, 0.2) is 5.76 Å². The van der Waals surface area contributed by atoms with Gasteiger partial charge in [-0.1, -0.05) is 35.9 Å². The molecule has 3 aromatic heterocycles. The molecule has 4 aromatic rings. The third kappa shape index (κ3) is 4.20. The van der Waals surface area contributed by atoms with Crippen LogP contribution in [0.3, 0.4) is 0 Å². The number of hydrogen-bond donors (Lipinski definition) is 1. The summed E-state index contributed by atoms with van der Waals surface area (Å²) in [5, 5.41) is 3.60. The van der Waals surface area contributed by atoms with E-state index in [0.29, 0.717) is 18.8 Å².